The van der Waals surface area contributed by atoms with E-state index >= 15 is 0 Å². The average molecular weight is 452 g/mol. The van der Waals surface area contributed by atoms with Gasteiger partial charge in [0.15, 0.2) is 9.84 Å². The fourth-order valence-electron chi connectivity index (χ4n) is 2.90. The highest BCUT2D eigenvalue weighted by molar-refractivity contribution is 7.90. The van der Waals surface area contributed by atoms with Gasteiger partial charge in [0.05, 0.1) is 23.2 Å². The Morgan fingerprint density at radius 2 is 1.87 bits per heavy atom. The van der Waals surface area contributed by atoms with E-state index in [1.165, 1.54) is 30.7 Å². The number of benzene rings is 2. The number of carboxylic acids is 1. The van der Waals surface area contributed by atoms with E-state index < -0.39 is 21.6 Å². The third-order valence-corrected chi connectivity index (χ3v) is 5.91. The molecule has 0 aliphatic heterocycles. The smallest absolute Gasteiger partial charge is 0.339 e. The second-order valence-electron chi connectivity index (χ2n) is 6.65. The van der Waals surface area contributed by atoms with Gasteiger partial charge in [-0.3, -0.25) is 0 Å². The fraction of sp³-hybridized carbons (Fsp3) is 0.190. The molecule has 0 fully saturated rings. The summed E-state index contributed by atoms with van der Waals surface area (Å²) < 4.78 is 36.4. The maximum atomic E-state index is 12.8. The molecule has 0 aliphatic rings. The summed E-state index contributed by atoms with van der Waals surface area (Å²) in [6, 6.07) is 12.3. The molecule has 0 spiro atoms. The van der Waals surface area contributed by atoms with Crippen LogP contribution in [-0.2, 0) is 15.6 Å². The first kappa shape index (κ1) is 23.5. The highest BCUT2D eigenvalue weighted by Gasteiger charge is 2.26. The monoisotopic (exact) mass is 451 g/mol. The van der Waals surface area contributed by atoms with Crippen molar-refractivity contribution in [3.05, 3.63) is 72.2 Å². The molecular weight excluding hydrogens is 430 g/mol. The predicted molar refractivity (Wildman–Crippen MR) is 115 cm³/mol. The lowest BCUT2D eigenvalue weighted by Crippen LogP contribution is -2.24. The van der Waals surface area contributed by atoms with Crippen LogP contribution in [0.5, 0.6) is 5.75 Å². The van der Waals surface area contributed by atoms with Gasteiger partial charge in [-0.1, -0.05) is 30.3 Å². The SMILES string of the molecule is CC(N)COc1c(-c2ccoc2)ccc(CS(=O)(=O)c2ccccc2)c1C(=O)O.Cl. The zero-order chi connectivity index (χ0) is 21.0. The number of hydrogen-bond donors (Lipinski definition) is 2. The van der Waals surface area contributed by atoms with E-state index in [0.717, 1.165) is 0 Å². The van der Waals surface area contributed by atoms with Gasteiger partial charge in [-0.05, 0) is 30.7 Å². The number of hydrogen-bond acceptors (Lipinski definition) is 6. The Hall–Kier alpha value is -2.81. The minimum Gasteiger partial charge on any atom is -0.490 e. The molecule has 0 radical (unpaired) electrons. The van der Waals surface area contributed by atoms with Crippen LogP contribution >= 0.6 is 12.4 Å². The number of carbonyl (C=O) groups is 1. The summed E-state index contributed by atoms with van der Waals surface area (Å²) >= 11 is 0. The Bertz CT molecular complexity index is 1100. The lowest BCUT2D eigenvalue weighted by molar-refractivity contribution is 0.0691. The Labute approximate surface area is 180 Å². The van der Waals surface area contributed by atoms with E-state index in [9.17, 15) is 18.3 Å². The molecule has 0 amide bonds. The molecular formula is C21H22ClNO6S. The summed E-state index contributed by atoms with van der Waals surface area (Å²) in [6.07, 6.45) is 2.92. The van der Waals surface area contributed by atoms with E-state index in [-0.39, 0.29) is 46.8 Å². The second-order valence-corrected chi connectivity index (χ2v) is 8.64. The molecule has 0 saturated heterocycles. The van der Waals surface area contributed by atoms with Gasteiger partial charge in [0.1, 0.15) is 17.9 Å². The standard InChI is InChI=1S/C21H21NO6S.ClH/c1-14(22)11-28-20-18(15-9-10-27-12-15)8-7-16(19(20)21(23)24)13-29(25,26)17-5-3-2-4-6-17;/h2-10,12,14H,11,13,22H2,1H3,(H,23,24);1H. The molecule has 1 aromatic heterocycles. The number of carboxylic acid groups (broad SMARTS) is 1. The third-order valence-electron chi connectivity index (χ3n) is 4.23. The molecule has 160 valence electrons. The molecule has 0 aliphatic carbocycles. The molecule has 3 rings (SSSR count). The topological polar surface area (TPSA) is 120 Å². The normalized spacial score (nSPS) is 12.1. The maximum Gasteiger partial charge on any atom is 0.339 e. The van der Waals surface area contributed by atoms with Crippen molar-refractivity contribution < 1.29 is 27.5 Å². The van der Waals surface area contributed by atoms with Gasteiger partial charge in [-0.2, -0.15) is 0 Å². The molecule has 7 nitrogen and oxygen atoms in total. The van der Waals surface area contributed by atoms with E-state index in [4.69, 9.17) is 14.9 Å². The van der Waals surface area contributed by atoms with Crippen molar-refractivity contribution in [2.45, 2.75) is 23.6 Å². The first-order chi connectivity index (χ1) is 13.8. The van der Waals surface area contributed by atoms with Crippen molar-refractivity contribution in [2.24, 2.45) is 5.73 Å². The highest BCUT2D eigenvalue weighted by atomic mass is 35.5. The number of nitrogens with two attached hydrogens (primary N) is 1. The summed E-state index contributed by atoms with van der Waals surface area (Å²) in [5.74, 6) is -1.69. The molecule has 9 heteroatoms. The van der Waals surface area contributed by atoms with Crippen LogP contribution in [0.3, 0.4) is 0 Å². The fourth-order valence-corrected chi connectivity index (χ4v) is 4.29. The first-order valence-corrected chi connectivity index (χ1v) is 10.5. The van der Waals surface area contributed by atoms with Crippen LogP contribution in [0.4, 0.5) is 0 Å². The van der Waals surface area contributed by atoms with Gasteiger partial charge < -0.3 is 20.0 Å². The third kappa shape index (κ3) is 5.21. The van der Waals surface area contributed by atoms with Gasteiger partial charge in [0.2, 0.25) is 0 Å². The van der Waals surface area contributed by atoms with Crippen molar-refractivity contribution in [2.75, 3.05) is 6.61 Å². The Kier molecular flexibility index (Phi) is 7.66. The lowest BCUT2D eigenvalue weighted by Gasteiger charge is -2.18. The van der Waals surface area contributed by atoms with Gasteiger partial charge in [0.25, 0.3) is 0 Å². The Balaban J connectivity index is 0.00000320. The zero-order valence-electron chi connectivity index (χ0n) is 16.1. The first-order valence-electron chi connectivity index (χ1n) is 8.87. The van der Waals surface area contributed by atoms with Gasteiger partial charge in [-0.25, -0.2) is 13.2 Å². The number of sulfone groups is 1. The Morgan fingerprint density at radius 1 is 1.17 bits per heavy atom. The summed E-state index contributed by atoms with van der Waals surface area (Å²) in [6.45, 7) is 1.79. The van der Waals surface area contributed by atoms with Crippen LogP contribution in [0.1, 0.15) is 22.8 Å². The molecule has 0 saturated carbocycles. The van der Waals surface area contributed by atoms with Crippen LogP contribution in [-0.4, -0.2) is 32.1 Å². The predicted octanol–water partition coefficient (Wildman–Crippen LogP) is 3.77. The lowest BCUT2D eigenvalue weighted by atomic mass is 9.99. The molecule has 0 bridgehead atoms. The second kappa shape index (κ2) is 9.80. The summed E-state index contributed by atoms with van der Waals surface area (Å²) in [5, 5.41) is 9.87. The molecule has 1 atom stereocenters. The quantitative estimate of drug-likeness (QED) is 0.534. The molecule has 1 heterocycles. The zero-order valence-corrected chi connectivity index (χ0v) is 17.8. The van der Waals surface area contributed by atoms with E-state index in [1.807, 2.05) is 0 Å². The van der Waals surface area contributed by atoms with Crippen LogP contribution in [0, 0.1) is 0 Å². The summed E-state index contributed by atoms with van der Waals surface area (Å²) in [4.78, 5) is 12.2. The minimum atomic E-state index is -3.75. The van der Waals surface area contributed by atoms with Crippen LogP contribution in [0.15, 0.2) is 70.4 Å². The highest BCUT2D eigenvalue weighted by Crippen LogP contribution is 2.37. The van der Waals surface area contributed by atoms with E-state index in [2.05, 4.69) is 0 Å². The number of ether oxygens (including phenoxy) is 1. The number of furan rings is 1. The molecule has 2 aromatic carbocycles. The van der Waals surface area contributed by atoms with Crippen molar-refractivity contribution >= 4 is 28.2 Å². The summed E-state index contributed by atoms with van der Waals surface area (Å²) in [5.41, 5.74) is 6.79. The average Bonchev–Trinajstić information content (AvgIpc) is 3.21. The molecule has 30 heavy (non-hydrogen) atoms. The van der Waals surface area contributed by atoms with Crippen LogP contribution < -0.4 is 10.5 Å². The number of halogens is 1. The number of aromatic carboxylic acids is 1. The molecule has 3 N–H and O–H groups in total. The van der Waals surface area contributed by atoms with Gasteiger partial charge in [-0.15, -0.1) is 12.4 Å². The van der Waals surface area contributed by atoms with E-state index in [0.29, 0.717) is 11.1 Å². The molecule has 1 unspecified atom stereocenters. The van der Waals surface area contributed by atoms with Gasteiger partial charge in [0, 0.05) is 17.2 Å². The van der Waals surface area contributed by atoms with Crippen molar-refractivity contribution in [3.8, 4) is 16.9 Å². The maximum absolute atomic E-state index is 12.8. The largest absolute Gasteiger partial charge is 0.490 e. The van der Waals surface area contributed by atoms with Crippen molar-refractivity contribution in [1.82, 2.24) is 0 Å². The van der Waals surface area contributed by atoms with E-state index in [1.54, 1.807) is 37.3 Å². The van der Waals surface area contributed by atoms with Crippen molar-refractivity contribution in [3.63, 3.8) is 0 Å². The van der Waals surface area contributed by atoms with Crippen molar-refractivity contribution in [1.29, 1.82) is 0 Å². The minimum absolute atomic E-state index is 0. The van der Waals surface area contributed by atoms with Gasteiger partial charge >= 0.3 is 5.97 Å². The Morgan fingerprint density at radius 3 is 2.43 bits per heavy atom. The molecule has 3 aromatic rings. The summed E-state index contributed by atoms with van der Waals surface area (Å²) in [7, 11) is -3.75. The van der Waals surface area contributed by atoms with Crippen LogP contribution in [0.25, 0.3) is 11.1 Å². The number of rotatable bonds is 8. The van der Waals surface area contributed by atoms with Crippen LogP contribution in [0.2, 0.25) is 0 Å².